The van der Waals surface area contributed by atoms with E-state index in [4.69, 9.17) is 18.9 Å². The van der Waals surface area contributed by atoms with Gasteiger partial charge in [-0.25, -0.2) is 0 Å². The van der Waals surface area contributed by atoms with Crippen molar-refractivity contribution in [2.75, 3.05) is 13.7 Å². The Morgan fingerprint density at radius 2 is 1.86 bits per heavy atom. The molecule has 4 rings (SSSR count). The molecule has 3 unspecified atom stereocenters. The molecule has 1 N–H and O–H groups in total. The lowest BCUT2D eigenvalue weighted by Gasteiger charge is -2.42. The van der Waals surface area contributed by atoms with Crippen molar-refractivity contribution in [2.45, 2.75) is 134 Å². The Balaban J connectivity index is 1.28. The number of nitrogens with one attached hydrogen (secondary N) is 1. The highest BCUT2D eigenvalue weighted by molar-refractivity contribution is 5.76. The van der Waals surface area contributed by atoms with Crippen LogP contribution in [0.5, 0.6) is 0 Å². The number of hydrogen-bond donors (Lipinski definition) is 1. The summed E-state index contributed by atoms with van der Waals surface area (Å²) in [6, 6.07) is 0.243. The second-order valence-electron chi connectivity index (χ2n) is 12.0. The van der Waals surface area contributed by atoms with Gasteiger partial charge >= 0.3 is 5.97 Å². The van der Waals surface area contributed by atoms with Gasteiger partial charge in [-0.2, -0.15) is 0 Å². The predicted octanol–water partition coefficient (Wildman–Crippen LogP) is 4.86. The molecule has 2 aliphatic heterocycles. The first-order valence-electron chi connectivity index (χ1n) is 14.2. The SMILES string of the molecule is CCCCC(=O)NC1CCC(CC(=O)OC2CC[C@]3(CO3)C([C@]3(C)O[C@@H]3CC=C(C)C)C2OC)CC1. The van der Waals surface area contributed by atoms with E-state index in [9.17, 15) is 9.59 Å². The van der Waals surface area contributed by atoms with E-state index in [0.29, 0.717) is 18.8 Å². The highest BCUT2D eigenvalue weighted by Gasteiger charge is 2.72. The van der Waals surface area contributed by atoms with Crippen molar-refractivity contribution in [1.29, 1.82) is 0 Å². The third kappa shape index (κ3) is 6.33. The van der Waals surface area contributed by atoms with Gasteiger partial charge in [0.15, 0.2) is 0 Å². The van der Waals surface area contributed by atoms with Crippen LogP contribution in [0.2, 0.25) is 0 Å². The molecule has 1 spiro atoms. The van der Waals surface area contributed by atoms with Gasteiger partial charge in [0.2, 0.25) is 5.91 Å². The number of hydrogen-bond acceptors (Lipinski definition) is 6. The lowest BCUT2D eigenvalue weighted by molar-refractivity contribution is -0.173. The molecule has 7 nitrogen and oxygen atoms in total. The summed E-state index contributed by atoms with van der Waals surface area (Å²) < 4.78 is 24.4. The van der Waals surface area contributed by atoms with Crippen LogP contribution in [0.3, 0.4) is 0 Å². The summed E-state index contributed by atoms with van der Waals surface area (Å²) in [6.45, 7) is 9.20. The molecule has 1 amide bonds. The highest BCUT2D eigenvalue weighted by atomic mass is 16.6. The Morgan fingerprint density at radius 3 is 2.47 bits per heavy atom. The van der Waals surface area contributed by atoms with E-state index in [1.165, 1.54) is 5.57 Å². The highest BCUT2D eigenvalue weighted by Crippen LogP contribution is 2.59. The Labute approximate surface area is 217 Å². The molecule has 0 aromatic heterocycles. The summed E-state index contributed by atoms with van der Waals surface area (Å²) in [7, 11) is 1.72. The van der Waals surface area contributed by atoms with Crippen LogP contribution in [-0.4, -0.2) is 61.1 Å². The van der Waals surface area contributed by atoms with Gasteiger partial charge in [-0.1, -0.05) is 25.0 Å². The molecule has 2 heterocycles. The van der Waals surface area contributed by atoms with Crippen LogP contribution in [0.15, 0.2) is 11.6 Å². The van der Waals surface area contributed by atoms with Gasteiger partial charge in [-0.15, -0.1) is 0 Å². The molecule has 2 saturated heterocycles. The maximum Gasteiger partial charge on any atom is 0.306 e. The van der Waals surface area contributed by atoms with Crippen LogP contribution in [0.1, 0.15) is 98.3 Å². The molecule has 204 valence electrons. The number of ether oxygens (including phenoxy) is 4. The van der Waals surface area contributed by atoms with Gasteiger partial charge in [0.1, 0.15) is 23.4 Å². The van der Waals surface area contributed by atoms with Crippen molar-refractivity contribution in [2.24, 2.45) is 11.8 Å². The van der Waals surface area contributed by atoms with Gasteiger partial charge in [0.05, 0.1) is 18.6 Å². The molecule has 36 heavy (non-hydrogen) atoms. The van der Waals surface area contributed by atoms with Gasteiger partial charge < -0.3 is 24.3 Å². The third-order valence-corrected chi connectivity index (χ3v) is 8.94. The number of epoxide rings is 2. The maximum atomic E-state index is 13.0. The number of unbranched alkanes of at least 4 members (excludes halogenated alkanes) is 1. The summed E-state index contributed by atoms with van der Waals surface area (Å²) in [6.07, 6.45) is 11.1. The first kappa shape index (κ1) is 27.6. The minimum Gasteiger partial charge on any atom is -0.460 e. The van der Waals surface area contributed by atoms with Crippen LogP contribution in [0, 0.1) is 11.8 Å². The number of carbonyl (C=O) groups is 2. The average molecular weight is 506 g/mol. The number of esters is 1. The molecule has 0 aromatic rings. The molecule has 0 bridgehead atoms. The summed E-state index contributed by atoms with van der Waals surface area (Å²) in [5, 5.41) is 3.16. The van der Waals surface area contributed by atoms with Crippen molar-refractivity contribution in [3.63, 3.8) is 0 Å². The molecule has 2 aliphatic carbocycles. The fraction of sp³-hybridized carbons (Fsp3) is 0.862. The second kappa shape index (κ2) is 11.5. The fourth-order valence-electron chi connectivity index (χ4n) is 6.67. The van der Waals surface area contributed by atoms with E-state index in [-0.39, 0.29) is 53.4 Å². The standard InChI is InChI=1S/C29H47NO6/c1-6-7-8-24(31)30-21-12-10-20(11-13-21)17-25(32)35-22-15-16-29(18-34-29)27(26(22)33-5)28(4)23(36-28)14-9-19(2)3/h9,20-23,26-27H,6-8,10-18H2,1-5H3,(H,30,31)/t20?,21?,22?,23-,26?,27?,28-,29+/m1/s1. The van der Waals surface area contributed by atoms with Gasteiger partial charge in [-0.3, -0.25) is 9.59 Å². The first-order chi connectivity index (χ1) is 17.2. The summed E-state index contributed by atoms with van der Waals surface area (Å²) >= 11 is 0. The Bertz CT molecular complexity index is 811. The van der Waals surface area contributed by atoms with Gasteiger partial charge in [0.25, 0.3) is 0 Å². The van der Waals surface area contributed by atoms with E-state index in [1.54, 1.807) is 7.11 Å². The Morgan fingerprint density at radius 1 is 1.14 bits per heavy atom. The van der Waals surface area contributed by atoms with Crippen LogP contribution < -0.4 is 5.32 Å². The van der Waals surface area contributed by atoms with Crippen molar-refractivity contribution in [3.8, 4) is 0 Å². The molecule has 0 radical (unpaired) electrons. The Hall–Kier alpha value is -1.44. The molecule has 7 heteroatoms. The van der Waals surface area contributed by atoms with E-state index in [2.05, 4.69) is 39.1 Å². The van der Waals surface area contributed by atoms with Gasteiger partial charge in [0, 0.05) is 26.0 Å². The minimum atomic E-state index is -0.325. The van der Waals surface area contributed by atoms with Crippen LogP contribution in [0.25, 0.3) is 0 Å². The molecular weight excluding hydrogens is 458 g/mol. The minimum absolute atomic E-state index is 0.0453. The summed E-state index contributed by atoms with van der Waals surface area (Å²) in [4.78, 5) is 25.0. The summed E-state index contributed by atoms with van der Waals surface area (Å²) in [5.41, 5.74) is 0.753. The number of rotatable bonds is 11. The number of amides is 1. The zero-order valence-electron chi connectivity index (χ0n) is 23.0. The molecule has 2 saturated carbocycles. The predicted molar refractivity (Wildman–Crippen MR) is 137 cm³/mol. The Kier molecular flexibility index (Phi) is 8.83. The quantitative estimate of drug-likeness (QED) is 0.245. The fourth-order valence-corrected chi connectivity index (χ4v) is 6.67. The van der Waals surface area contributed by atoms with Crippen molar-refractivity contribution in [3.05, 3.63) is 11.6 Å². The topological polar surface area (TPSA) is 89.7 Å². The normalized spacial score (nSPS) is 39.4. The van der Waals surface area contributed by atoms with Crippen molar-refractivity contribution in [1.82, 2.24) is 5.32 Å². The molecule has 6 atom stereocenters. The van der Waals surface area contributed by atoms with E-state index >= 15 is 0 Å². The van der Waals surface area contributed by atoms with Crippen LogP contribution in [0.4, 0.5) is 0 Å². The molecule has 0 aromatic carbocycles. The molecule has 4 fully saturated rings. The molecule has 4 aliphatic rings. The van der Waals surface area contributed by atoms with Crippen LogP contribution in [-0.2, 0) is 28.5 Å². The van der Waals surface area contributed by atoms with Crippen molar-refractivity contribution < 1.29 is 28.5 Å². The second-order valence-corrected chi connectivity index (χ2v) is 12.0. The average Bonchev–Trinajstić information content (AvgIpc) is 3.75. The largest absolute Gasteiger partial charge is 0.460 e. The number of carbonyl (C=O) groups excluding carboxylic acids is 2. The first-order valence-corrected chi connectivity index (χ1v) is 14.2. The zero-order valence-corrected chi connectivity index (χ0v) is 23.0. The van der Waals surface area contributed by atoms with Crippen LogP contribution >= 0.6 is 0 Å². The number of methoxy groups -OCH3 is 1. The lowest BCUT2D eigenvalue weighted by Crippen LogP contribution is -2.55. The zero-order chi connectivity index (χ0) is 25.9. The van der Waals surface area contributed by atoms with Crippen molar-refractivity contribution >= 4 is 11.9 Å². The van der Waals surface area contributed by atoms with E-state index in [1.807, 2.05) is 0 Å². The van der Waals surface area contributed by atoms with Gasteiger partial charge in [-0.05, 0) is 78.1 Å². The molecular formula is C29H47NO6. The number of allylic oxidation sites excluding steroid dienone is 1. The third-order valence-electron chi connectivity index (χ3n) is 8.94. The van der Waals surface area contributed by atoms with E-state index in [0.717, 1.165) is 64.4 Å². The monoisotopic (exact) mass is 505 g/mol. The van der Waals surface area contributed by atoms with E-state index < -0.39 is 0 Å². The summed E-state index contributed by atoms with van der Waals surface area (Å²) in [5.74, 6) is 0.388. The smallest absolute Gasteiger partial charge is 0.306 e. The lowest BCUT2D eigenvalue weighted by atomic mass is 9.68. The maximum absolute atomic E-state index is 13.0.